The molecule has 0 aliphatic heterocycles. The van der Waals surface area contributed by atoms with Crippen molar-refractivity contribution < 1.29 is 0 Å². The molecule has 1 rings (SSSR count). The molecule has 1 aliphatic carbocycles. The van der Waals surface area contributed by atoms with Crippen LogP contribution in [-0.2, 0) is 0 Å². The SMILES string of the molecule is CC(C)CCNCC1(N)CC1. The monoisotopic (exact) mass is 156 g/mol. The molecule has 2 nitrogen and oxygen atoms in total. The van der Waals surface area contributed by atoms with Crippen molar-refractivity contribution >= 4 is 0 Å². The van der Waals surface area contributed by atoms with Crippen molar-refractivity contribution in [2.75, 3.05) is 13.1 Å². The van der Waals surface area contributed by atoms with E-state index in [0.29, 0.717) is 0 Å². The van der Waals surface area contributed by atoms with Crippen LogP contribution in [0.25, 0.3) is 0 Å². The molecular weight excluding hydrogens is 136 g/mol. The van der Waals surface area contributed by atoms with Crippen molar-refractivity contribution in [2.24, 2.45) is 11.7 Å². The molecule has 0 spiro atoms. The molecule has 0 aromatic carbocycles. The molecule has 1 saturated carbocycles. The predicted molar refractivity (Wildman–Crippen MR) is 48.5 cm³/mol. The van der Waals surface area contributed by atoms with Gasteiger partial charge in [-0.1, -0.05) is 13.8 Å². The molecule has 11 heavy (non-hydrogen) atoms. The quantitative estimate of drug-likeness (QED) is 0.585. The van der Waals surface area contributed by atoms with E-state index in [9.17, 15) is 0 Å². The zero-order chi connectivity index (χ0) is 8.32. The first kappa shape index (κ1) is 9.01. The van der Waals surface area contributed by atoms with Crippen molar-refractivity contribution in [3.63, 3.8) is 0 Å². The molecule has 66 valence electrons. The molecule has 2 heteroatoms. The van der Waals surface area contributed by atoms with Crippen LogP contribution in [0.3, 0.4) is 0 Å². The summed E-state index contributed by atoms with van der Waals surface area (Å²) in [6, 6.07) is 0. The maximum Gasteiger partial charge on any atom is 0.0282 e. The number of rotatable bonds is 5. The van der Waals surface area contributed by atoms with E-state index in [-0.39, 0.29) is 5.54 Å². The fourth-order valence-corrected chi connectivity index (χ4v) is 1.07. The topological polar surface area (TPSA) is 38.0 Å². The zero-order valence-corrected chi connectivity index (χ0v) is 7.69. The first-order valence-electron chi connectivity index (χ1n) is 4.62. The van der Waals surface area contributed by atoms with Gasteiger partial charge in [-0.25, -0.2) is 0 Å². The van der Waals surface area contributed by atoms with E-state index < -0.39 is 0 Å². The Morgan fingerprint density at radius 3 is 2.55 bits per heavy atom. The third-order valence-corrected chi connectivity index (χ3v) is 2.27. The van der Waals surface area contributed by atoms with Crippen molar-refractivity contribution in [2.45, 2.75) is 38.6 Å². The van der Waals surface area contributed by atoms with E-state index >= 15 is 0 Å². The molecule has 0 unspecified atom stereocenters. The van der Waals surface area contributed by atoms with Crippen LogP contribution in [-0.4, -0.2) is 18.6 Å². The highest BCUT2D eigenvalue weighted by molar-refractivity contribution is 5.00. The van der Waals surface area contributed by atoms with Crippen LogP contribution in [0.4, 0.5) is 0 Å². The average Bonchev–Trinajstić information content (AvgIpc) is 2.62. The molecule has 1 fully saturated rings. The summed E-state index contributed by atoms with van der Waals surface area (Å²) in [6.07, 6.45) is 3.68. The van der Waals surface area contributed by atoms with Crippen LogP contribution in [0.2, 0.25) is 0 Å². The lowest BCUT2D eigenvalue weighted by Gasteiger charge is -2.10. The molecule has 0 heterocycles. The van der Waals surface area contributed by atoms with E-state index in [1.54, 1.807) is 0 Å². The Kier molecular flexibility index (Phi) is 2.90. The Balaban J connectivity index is 1.88. The third kappa shape index (κ3) is 3.73. The lowest BCUT2D eigenvalue weighted by Crippen LogP contribution is -2.36. The largest absolute Gasteiger partial charge is 0.324 e. The Bertz CT molecular complexity index is 117. The van der Waals surface area contributed by atoms with Crippen molar-refractivity contribution in [1.82, 2.24) is 5.32 Å². The molecule has 0 atom stereocenters. The van der Waals surface area contributed by atoms with E-state index in [4.69, 9.17) is 5.73 Å². The molecule has 0 saturated heterocycles. The van der Waals surface area contributed by atoms with Crippen LogP contribution in [0.15, 0.2) is 0 Å². The Hall–Kier alpha value is -0.0800. The lowest BCUT2D eigenvalue weighted by molar-refractivity contribution is 0.506. The Morgan fingerprint density at radius 2 is 2.09 bits per heavy atom. The van der Waals surface area contributed by atoms with Gasteiger partial charge in [-0.2, -0.15) is 0 Å². The summed E-state index contributed by atoms with van der Waals surface area (Å²) in [4.78, 5) is 0. The summed E-state index contributed by atoms with van der Waals surface area (Å²) in [5, 5.41) is 3.39. The smallest absolute Gasteiger partial charge is 0.0282 e. The van der Waals surface area contributed by atoms with E-state index in [1.807, 2.05) is 0 Å². The third-order valence-electron chi connectivity index (χ3n) is 2.27. The summed E-state index contributed by atoms with van der Waals surface area (Å²) >= 11 is 0. The molecular formula is C9H20N2. The van der Waals surface area contributed by atoms with Crippen molar-refractivity contribution in [3.05, 3.63) is 0 Å². The first-order valence-corrected chi connectivity index (χ1v) is 4.62. The van der Waals surface area contributed by atoms with Crippen LogP contribution in [0.1, 0.15) is 33.1 Å². The van der Waals surface area contributed by atoms with Gasteiger partial charge in [-0.3, -0.25) is 0 Å². The highest BCUT2D eigenvalue weighted by Gasteiger charge is 2.37. The van der Waals surface area contributed by atoms with E-state index in [2.05, 4.69) is 19.2 Å². The Morgan fingerprint density at radius 1 is 1.45 bits per heavy atom. The van der Waals surface area contributed by atoms with Gasteiger partial charge in [-0.15, -0.1) is 0 Å². The number of hydrogen-bond donors (Lipinski definition) is 2. The predicted octanol–water partition coefficient (Wildman–Crippen LogP) is 1.11. The van der Waals surface area contributed by atoms with Gasteiger partial charge >= 0.3 is 0 Å². The standard InChI is InChI=1S/C9H20N2/c1-8(2)3-6-11-7-9(10)4-5-9/h8,11H,3-7,10H2,1-2H3. The van der Waals surface area contributed by atoms with E-state index in [0.717, 1.165) is 19.0 Å². The van der Waals surface area contributed by atoms with Gasteiger partial charge in [0.2, 0.25) is 0 Å². The van der Waals surface area contributed by atoms with Gasteiger partial charge in [0.1, 0.15) is 0 Å². The molecule has 0 radical (unpaired) electrons. The van der Waals surface area contributed by atoms with Crippen LogP contribution in [0, 0.1) is 5.92 Å². The van der Waals surface area contributed by atoms with Crippen molar-refractivity contribution in [3.8, 4) is 0 Å². The summed E-state index contributed by atoms with van der Waals surface area (Å²) in [6.45, 7) is 6.63. The zero-order valence-electron chi connectivity index (χ0n) is 7.69. The first-order chi connectivity index (χ1) is 5.12. The molecule has 0 amide bonds. The second kappa shape index (κ2) is 3.55. The fraction of sp³-hybridized carbons (Fsp3) is 1.00. The molecule has 1 aliphatic rings. The number of hydrogen-bond acceptors (Lipinski definition) is 2. The number of nitrogens with two attached hydrogens (primary N) is 1. The second-order valence-corrected chi connectivity index (χ2v) is 4.22. The van der Waals surface area contributed by atoms with Gasteiger partial charge in [0.05, 0.1) is 0 Å². The van der Waals surface area contributed by atoms with Gasteiger partial charge in [0, 0.05) is 12.1 Å². The highest BCUT2D eigenvalue weighted by atomic mass is 15.0. The average molecular weight is 156 g/mol. The maximum atomic E-state index is 5.90. The molecule has 3 N–H and O–H groups in total. The summed E-state index contributed by atoms with van der Waals surface area (Å²) in [5.74, 6) is 0.801. The van der Waals surface area contributed by atoms with Gasteiger partial charge in [-0.05, 0) is 31.7 Å². The van der Waals surface area contributed by atoms with E-state index in [1.165, 1.54) is 19.3 Å². The molecule has 0 aromatic rings. The van der Waals surface area contributed by atoms with Crippen LogP contribution < -0.4 is 11.1 Å². The summed E-state index contributed by atoms with van der Waals surface area (Å²) in [7, 11) is 0. The van der Waals surface area contributed by atoms with Gasteiger partial charge in [0.15, 0.2) is 0 Å². The molecule has 0 aromatic heterocycles. The summed E-state index contributed by atoms with van der Waals surface area (Å²) < 4.78 is 0. The minimum Gasteiger partial charge on any atom is -0.324 e. The van der Waals surface area contributed by atoms with Gasteiger partial charge < -0.3 is 11.1 Å². The van der Waals surface area contributed by atoms with Crippen LogP contribution in [0.5, 0.6) is 0 Å². The Labute approximate surface area is 69.5 Å². The second-order valence-electron chi connectivity index (χ2n) is 4.22. The van der Waals surface area contributed by atoms with Gasteiger partial charge in [0.25, 0.3) is 0 Å². The highest BCUT2D eigenvalue weighted by Crippen LogP contribution is 2.30. The maximum absolute atomic E-state index is 5.90. The fourth-order valence-electron chi connectivity index (χ4n) is 1.07. The summed E-state index contributed by atoms with van der Waals surface area (Å²) in [5.41, 5.74) is 6.08. The molecule has 0 bridgehead atoms. The minimum atomic E-state index is 0.178. The lowest BCUT2D eigenvalue weighted by atomic mass is 10.1. The van der Waals surface area contributed by atoms with Crippen LogP contribution >= 0.6 is 0 Å². The number of nitrogens with one attached hydrogen (secondary N) is 1. The van der Waals surface area contributed by atoms with Crippen molar-refractivity contribution in [1.29, 1.82) is 0 Å². The normalized spacial score (nSPS) is 20.7. The minimum absolute atomic E-state index is 0.178.